The van der Waals surface area contributed by atoms with Crippen LogP contribution >= 0.6 is 0 Å². The number of carboxylic acids is 1. The minimum atomic E-state index is -0.924. The third-order valence-corrected chi connectivity index (χ3v) is 5.01. The maximum atomic E-state index is 11.0. The van der Waals surface area contributed by atoms with Gasteiger partial charge in [0.1, 0.15) is 18.1 Å². The smallest absolute Gasteiger partial charge is 0.335 e. The fourth-order valence-corrected chi connectivity index (χ4v) is 3.32. The summed E-state index contributed by atoms with van der Waals surface area (Å²) in [6.07, 6.45) is 3.93. The van der Waals surface area contributed by atoms with Crippen LogP contribution in [-0.4, -0.2) is 22.0 Å². The van der Waals surface area contributed by atoms with Crippen molar-refractivity contribution < 1.29 is 19.8 Å². The molecule has 0 bridgehead atoms. The molecule has 0 aliphatic carbocycles. The summed E-state index contributed by atoms with van der Waals surface area (Å²) in [5.74, 6) is -0.137. The fraction of sp³-hybridized carbons (Fsp3) is 0.154. The van der Waals surface area contributed by atoms with Crippen LogP contribution in [0.2, 0.25) is 0 Å². The summed E-state index contributed by atoms with van der Waals surface area (Å²) in [6.45, 7) is 4.16. The summed E-state index contributed by atoms with van der Waals surface area (Å²) in [4.78, 5) is 11.0. The zero-order chi connectivity index (χ0) is 22.1. The lowest BCUT2D eigenvalue weighted by atomic mass is 9.99. The molecular formula is C26H25NO4. The zero-order valence-electron chi connectivity index (χ0n) is 17.2. The van der Waals surface area contributed by atoms with E-state index in [4.69, 9.17) is 9.84 Å². The molecular weight excluding hydrogens is 390 g/mol. The molecule has 3 rings (SSSR count). The molecule has 2 N–H and O–H groups in total. The van der Waals surface area contributed by atoms with Crippen molar-refractivity contribution in [1.29, 1.82) is 0 Å². The van der Waals surface area contributed by atoms with Gasteiger partial charge in [-0.25, -0.2) is 4.79 Å². The number of allylic oxidation sites excluding steroid dienone is 1. The van der Waals surface area contributed by atoms with Gasteiger partial charge >= 0.3 is 5.97 Å². The molecule has 0 fully saturated rings. The number of aromatic carboxylic acids is 1. The largest absolute Gasteiger partial charge is 0.489 e. The van der Waals surface area contributed by atoms with Crippen LogP contribution in [0, 0.1) is 0 Å². The van der Waals surface area contributed by atoms with Gasteiger partial charge in [-0.1, -0.05) is 54.2 Å². The first-order valence-electron chi connectivity index (χ1n) is 10.1. The highest BCUT2D eigenvalue weighted by Gasteiger charge is 2.10. The number of aryl methyl sites for hydroxylation is 2. The third-order valence-electron chi connectivity index (χ3n) is 5.01. The SMILES string of the molecule is C=C/C(=N/O)c1ccc(OCc2ccccc2)c(CCCc2ccc(C(=O)O)cc2)c1. The number of ether oxygens (including phenoxy) is 1. The van der Waals surface area contributed by atoms with Crippen LogP contribution in [0.5, 0.6) is 5.75 Å². The Kier molecular flexibility index (Phi) is 7.60. The predicted molar refractivity (Wildman–Crippen MR) is 121 cm³/mol. The van der Waals surface area contributed by atoms with Crippen molar-refractivity contribution in [1.82, 2.24) is 0 Å². The first-order chi connectivity index (χ1) is 15.1. The van der Waals surface area contributed by atoms with Crippen LogP contribution in [0.15, 0.2) is 90.6 Å². The Bertz CT molecular complexity index is 1060. The second kappa shape index (κ2) is 10.8. The first kappa shape index (κ1) is 21.8. The van der Waals surface area contributed by atoms with Gasteiger partial charge in [-0.15, -0.1) is 0 Å². The number of carbonyl (C=O) groups is 1. The molecule has 0 aliphatic rings. The zero-order valence-corrected chi connectivity index (χ0v) is 17.2. The van der Waals surface area contributed by atoms with E-state index < -0.39 is 5.97 Å². The van der Waals surface area contributed by atoms with E-state index in [1.807, 2.05) is 60.7 Å². The summed E-state index contributed by atoms with van der Waals surface area (Å²) < 4.78 is 6.08. The van der Waals surface area contributed by atoms with E-state index >= 15 is 0 Å². The lowest BCUT2D eigenvalue weighted by Crippen LogP contribution is -2.03. The maximum Gasteiger partial charge on any atom is 0.335 e. The number of hydrogen-bond donors (Lipinski definition) is 2. The fourth-order valence-electron chi connectivity index (χ4n) is 3.32. The van der Waals surface area contributed by atoms with E-state index in [1.165, 1.54) is 6.08 Å². The van der Waals surface area contributed by atoms with Crippen molar-refractivity contribution in [2.24, 2.45) is 5.16 Å². The minimum absolute atomic E-state index is 0.285. The summed E-state index contributed by atoms with van der Waals surface area (Å²) in [5.41, 5.74) is 4.63. The summed E-state index contributed by atoms with van der Waals surface area (Å²) in [6, 6.07) is 22.6. The molecule has 0 spiro atoms. The first-order valence-corrected chi connectivity index (χ1v) is 10.1. The monoisotopic (exact) mass is 415 g/mol. The molecule has 0 unspecified atom stereocenters. The van der Waals surface area contributed by atoms with Crippen molar-refractivity contribution in [3.05, 3.63) is 113 Å². The maximum absolute atomic E-state index is 11.0. The van der Waals surface area contributed by atoms with Crippen LogP contribution in [0.3, 0.4) is 0 Å². The highest BCUT2D eigenvalue weighted by molar-refractivity contribution is 6.08. The number of rotatable bonds is 10. The third kappa shape index (κ3) is 6.06. The van der Waals surface area contributed by atoms with Crippen LogP contribution in [0.25, 0.3) is 0 Å². The number of carboxylic acid groups (broad SMARTS) is 1. The normalized spacial score (nSPS) is 11.2. The van der Waals surface area contributed by atoms with Gasteiger partial charge in [-0.05, 0) is 72.4 Å². The van der Waals surface area contributed by atoms with Crippen molar-refractivity contribution >= 4 is 11.7 Å². The van der Waals surface area contributed by atoms with E-state index in [1.54, 1.807) is 12.1 Å². The highest BCUT2D eigenvalue weighted by Crippen LogP contribution is 2.24. The Labute approximate surface area is 181 Å². The summed E-state index contributed by atoms with van der Waals surface area (Å²) in [5, 5.41) is 21.5. The van der Waals surface area contributed by atoms with Crippen molar-refractivity contribution in [2.45, 2.75) is 25.9 Å². The van der Waals surface area contributed by atoms with Crippen LogP contribution < -0.4 is 4.74 Å². The summed E-state index contributed by atoms with van der Waals surface area (Å²) >= 11 is 0. The molecule has 3 aromatic carbocycles. The van der Waals surface area contributed by atoms with E-state index in [2.05, 4.69) is 11.7 Å². The lowest BCUT2D eigenvalue weighted by Gasteiger charge is -2.14. The minimum Gasteiger partial charge on any atom is -0.489 e. The van der Waals surface area contributed by atoms with Gasteiger partial charge < -0.3 is 15.1 Å². The number of oxime groups is 1. The van der Waals surface area contributed by atoms with Crippen molar-refractivity contribution in [3.8, 4) is 5.75 Å². The Morgan fingerprint density at radius 2 is 1.65 bits per heavy atom. The molecule has 158 valence electrons. The van der Waals surface area contributed by atoms with Crippen LogP contribution in [0.1, 0.15) is 39.0 Å². The average molecular weight is 415 g/mol. The van der Waals surface area contributed by atoms with Gasteiger partial charge in [0.2, 0.25) is 0 Å². The lowest BCUT2D eigenvalue weighted by molar-refractivity contribution is 0.0697. The molecule has 5 heteroatoms. The van der Waals surface area contributed by atoms with Gasteiger partial charge in [0.25, 0.3) is 0 Å². The second-order valence-electron chi connectivity index (χ2n) is 7.14. The molecule has 0 aliphatic heterocycles. The molecule has 31 heavy (non-hydrogen) atoms. The van der Waals surface area contributed by atoms with Crippen molar-refractivity contribution in [3.63, 3.8) is 0 Å². The van der Waals surface area contributed by atoms with E-state index in [-0.39, 0.29) is 5.56 Å². The Morgan fingerprint density at radius 1 is 0.935 bits per heavy atom. The molecule has 5 nitrogen and oxygen atoms in total. The quantitative estimate of drug-likeness (QED) is 0.260. The van der Waals surface area contributed by atoms with Gasteiger partial charge in [-0.3, -0.25) is 0 Å². The average Bonchev–Trinajstić information content (AvgIpc) is 2.80. The van der Waals surface area contributed by atoms with Crippen molar-refractivity contribution in [2.75, 3.05) is 0 Å². The number of nitrogens with zero attached hydrogens (tertiary/aromatic N) is 1. The van der Waals surface area contributed by atoms with Crippen LogP contribution in [0.4, 0.5) is 0 Å². The van der Waals surface area contributed by atoms with Gasteiger partial charge in [0.05, 0.1) is 5.56 Å². The molecule has 0 heterocycles. The molecule has 0 radical (unpaired) electrons. The molecule has 0 amide bonds. The molecule has 0 aromatic heterocycles. The molecule has 0 saturated heterocycles. The number of hydrogen-bond acceptors (Lipinski definition) is 4. The Balaban J connectivity index is 1.73. The second-order valence-corrected chi connectivity index (χ2v) is 7.14. The molecule has 0 saturated carbocycles. The molecule has 0 atom stereocenters. The van der Waals surface area contributed by atoms with E-state index in [0.29, 0.717) is 12.3 Å². The Morgan fingerprint density at radius 3 is 2.29 bits per heavy atom. The standard InChI is InChI=1S/C26H25NO4/c1-2-24(27-30)22-15-16-25(31-18-20-7-4-3-5-8-20)23(17-22)10-6-9-19-11-13-21(14-12-19)26(28)29/h2-5,7-8,11-17,30H,1,6,9-10,18H2,(H,28,29)/b27-24-. The van der Waals surface area contributed by atoms with E-state index in [9.17, 15) is 10.0 Å². The number of benzene rings is 3. The van der Waals surface area contributed by atoms with Crippen LogP contribution in [-0.2, 0) is 19.4 Å². The molecule has 3 aromatic rings. The predicted octanol–water partition coefficient (Wildman–Crippen LogP) is 5.50. The van der Waals surface area contributed by atoms with Gasteiger partial charge in [0.15, 0.2) is 0 Å². The highest BCUT2D eigenvalue weighted by atomic mass is 16.5. The Hall–Kier alpha value is -3.86. The van der Waals surface area contributed by atoms with Gasteiger partial charge in [0, 0.05) is 5.56 Å². The van der Waals surface area contributed by atoms with Gasteiger partial charge in [-0.2, -0.15) is 0 Å². The topological polar surface area (TPSA) is 79.1 Å². The summed E-state index contributed by atoms with van der Waals surface area (Å²) in [7, 11) is 0. The van der Waals surface area contributed by atoms with E-state index in [0.717, 1.165) is 47.3 Å².